The lowest BCUT2D eigenvalue weighted by molar-refractivity contribution is 0.0636. The summed E-state index contributed by atoms with van der Waals surface area (Å²) in [6, 6.07) is 12.7. The fourth-order valence-corrected chi connectivity index (χ4v) is 5.51. The number of rotatable bonds is 5. The summed E-state index contributed by atoms with van der Waals surface area (Å²) in [4.78, 5) is 48.7. The monoisotopic (exact) mass is 576 g/mol. The normalized spacial score (nSPS) is 13.8. The number of nitrogens with zero attached hydrogens (tertiary/aromatic N) is 5. The van der Waals surface area contributed by atoms with Gasteiger partial charge in [-0.05, 0) is 64.1 Å². The molecule has 0 atom stereocenters. The van der Waals surface area contributed by atoms with Crippen molar-refractivity contribution in [1.82, 2.24) is 19.7 Å². The van der Waals surface area contributed by atoms with E-state index in [1.807, 2.05) is 25.1 Å². The number of hydrogen-bond acceptors (Lipinski definition) is 9. The van der Waals surface area contributed by atoms with E-state index in [-0.39, 0.29) is 22.0 Å². The third kappa shape index (κ3) is 6.02. The standard InChI is InChI=1S/C29H32N6O5S/c1-18-7-6-8-22(30-18)33-13-15-34(16-14-33)27(37)24-21-17-41-25(31-28(38)40-29(2,3)4)23(21)26(36)35(32-24)19-9-11-20(39-5)12-10-19/h6-12,17H,13-16H2,1-5H3,(H,31,38). The summed E-state index contributed by atoms with van der Waals surface area (Å²) in [5.74, 6) is 1.19. The number of thiophene rings is 1. The average Bonchev–Trinajstić information content (AvgIpc) is 3.36. The molecule has 1 aromatic carbocycles. The van der Waals surface area contributed by atoms with E-state index in [2.05, 4.69) is 20.3 Å². The molecule has 0 aliphatic carbocycles. The lowest BCUT2D eigenvalue weighted by Crippen LogP contribution is -2.49. The predicted octanol–water partition coefficient (Wildman–Crippen LogP) is 4.47. The number of aryl methyl sites for hydroxylation is 1. The Labute approximate surface area is 241 Å². The molecule has 1 saturated heterocycles. The van der Waals surface area contributed by atoms with Gasteiger partial charge in [0.2, 0.25) is 0 Å². The van der Waals surface area contributed by atoms with Gasteiger partial charge in [0.1, 0.15) is 22.2 Å². The maximum Gasteiger partial charge on any atom is 0.412 e. The predicted molar refractivity (Wildman–Crippen MR) is 159 cm³/mol. The minimum atomic E-state index is -0.723. The van der Waals surface area contributed by atoms with E-state index in [0.717, 1.165) is 22.8 Å². The first-order valence-corrected chi connectivity index (χ1v) is 14.1. The molecular weight excluding hydrogens is 544 g/mol. The third-order valence-corrected chi connectivity index (χ3v) is 7.45. The van der Waals surface area contributed by atoms with Crippen molar-refractivity contribution in [1.29, 1.82) is 0 Å². The molecule has 41 heavy (non-hydrogen) atoms. The zero-order chi connectivity index (χ0) is 29.3. The van der Waals surface area contributed by atoms with E-state index in [1.54, 1.807) is 62.4 Å². The topological polar surface area (TPSA) is 119 Å². The largest absolute Gasteiger partial charge is 0.497 e. The maximum atomic E-state index is 13.9. The van der Waals surface area contributed by atoms with Gasteiger partial charge in [-0.25, -0.2) is 9.78 Å². The Morgan fingerprint density at radius 3 is 2.37 bits per heavy atom. The van der Waals surface area contributed by atoms with Crippen LogP contribution in [0.2, 0.25) is 0 Å². The summed E-state index contributed by atoms with van der Waals surface area (Å²) in [5.41, 5.74) is 0.327. The van der Waals surface area contributed by atoms with E-state index in [9.17, 15) is 14.4 Å². The number of fused-ring (bicyclic) bond motifs is 1. The lowest BCUT2D eigenvalue weighted by atomic mass is 10.2. The molecule has 12 heteroatoms. The Kier molecular flexibility index (Phi) is 7.68. The highest BCUT2D eigenvalue weighted by Gasteiger charge is 2.29. The Morgan fingerprint density at radius 2 is 1.73 bits per heavy atom. The van der Waals surface area contributed by atoms with Gasteiger partial charge < -0.3 is 19.3 Å². The highest BCUT2D eigenvalue weighted by Crippen LogP contribution is 2.31. The van der Waals surface area contributed by atoms with Crippen LogP contribution in [0.15, 0.2) is 52.6 Å². The SMILES string of the molecule is COc1ccc(-n2nc(C(=O)N3CCN(c4cccc(C)n4)CC3)c3csc(NC(=O)OC(C)(C)C)c3c2=O)cc1. The molecule has 1 aliphatic heterocycles. The Bertz CT molecular complexity index is 1650. The van der Waals surface area contributed by atoms with Crippen molar-refractivity contribution in [3.63, 3.8) is 0 Å². The summed E-state index contributed by atoms with van der Waals surface area (Å²) < 4.78 is 11.8. The molecule has 4 heterocycles. The smallest absolute Gasteiger partial charge is 0.412 e. The van der Waals surface area contributed by atoms with Crippen molar-refractivity contribution in [2.24, 2.45) is 0 Å². The molecule has 0 saturated carbocycles. The van der Waals surface area contributed by atoms with Crippen LogP contribution in [0.25, 0.3) is 16.5 Å². The van der Waals surface area contributed by atoms with E-state index in [0.29, 0.717) is 43.0 Å². The molecule has 1 N–H and O–H groups in total. The van der Waals surface area contributed by atoms with Gasteiger partial charge in [-0.1, -0.05) is 6.07 Å². The minimum absolute atomic E-state index is 0.131. The number of methoxy groups -OCH3 is 1. The summed E-state index contributed by atoms with van der Waals surface area (Å²) in [6.45, 7) is 9.36. The number of aromatic nitrogens is 3. The molecule has 214 valence electrons. The van der Waals surface area contributed by atoms with Crippen LogP contribution in [0.3, 0.4) is 0 Å². The molecule has 1 aliphatic rings. The molecule has 5 rings (SSSR count). The zero-order valence-electron chi connectivity index (χ0n) is 23.6. The van der Waals surface area contributed by atoms with Gasteiger partial charge in [0.25, 0.3) is 11.5 Å². The van der Waals surface area contributed by atoms with Crippen LogP contribution in [-0.4, -0.2) is 70.6 Å². The van der Waals surface area contributed by atoms with Gasteiger partial charge in [0.15, 0.2) is 5.69 Å². The fourth-order valence-electron chi connectivity index (χ4n) is 4.59. The van der Waals surface area contributed by atoms with E-state index in [4.69, 9.17) is 9.47 Å². The number of hydrogen-bond donors (Lipinski definition) is 1. The molecule has 1 fully saturated rings. The van der Waals surface area contributed by atoms with E-state index < -0.39 is 17.3 Å². The summed E-state index contributed by atoms with van der Waals surface area (Å²) in [6.07, 6.45) is -0.692. The van der Waals surface area contributed by atoms with Gasteiger partial charge >= 0.3 is 6.09 Å². The molecular formula is C29H32N6O5S. The highest BCUT2D eigenvalue weighted by atomic mass is 32.1. The molecule has 2 amide bonds. The van der Waals surface area contributed by atoms with Crippen molar-refractivity contribution in [2.45, 2.75) is 33.3 Å². The fraction of sp³-hybridized carbons (Fsp3) is 0.345. The third-order valence-electron chi connectivity index (χ3n) is 6.55. The number of benzene rings is 1. The molecule has 0 bridgehead atoms. The van der Waals surface area contributed by atoms with Crippen molar-refractivity contribution in [2.75, 3.05) is 43.5 Å². The Hall–Kier alpha value is -4.45. The first kappa shape index (κ1) is 28.1. The lowest BCUT2D eigenvalue weighted by Gasteiger charge is -2.35. The second-order valence-corrected chi connectivity index (χ2v) is 11.5. The first-order valence-electron chi connectivity index (χ1n) is 13.2. The Balaban J connectivity index is 1.51. The van der Waals surface area contributed by atoms with Crippen LogP contribution in [-0.2, 0) is 4.74 Å². The summed E-state index contributed by atoms with van der Waals surface area (Å²) in [7, 11) is 1.55. The van der Waals surface area contributed by atoms with Crippen LogP contribution in [0, 0.1) is 6.92 Å². The van der Waals surface area contributed by atoms with Crippen LogP contribution >= 0.6 is 11.3 Å². The van der Waals surface area contributed by atoms with Gasteiger partial charge in [0.05, 0.1) is 18.2 Å². The zero-order valence-corrected chi connectivity index (χ0v) is 24.4. The number of anilines is 2. The average molecular weight is 577 g/mol. The number of nitrogens with one attached hydrogen (secondary N) is 1. The highest BCUT2D eigenvalue weighted by molar-refractivity contribution is 7.16. The summed E-state index contributed by atoms with van der Waals surface area (Å²) in [5, 5.41) is 9.77. The Morgan fingerprint density at radius 1 is 1.02 bits per heavy atom. The first-order chi connectivity index (χ1) is 19.5. The molecule has 0 spiro atoms. The van der Waals surface area contributed by atoms with Crippen LogP contribution in [0.4, 0.5) is 15.6 Å². The molecule has 0 unspecified atom stereocenters. The van der Waals surface area contributed by atoms with Gasteiger partial charge in [-0.2, -0.15) is 9.78 Å². The quantitative estimate of drug-likeness (QED) is 0.370. The number of carbonyl (C=O) groups is 2. The van der Waals surface area contributed by atoms with Gasteiger partial charge in [0, 0.05) is 42.6 Å². The number of ether oxygens (including phenoxy) is 2. The van der Waals surface area contributed by atoms with Crippen molar-refractivity contribution < 1.29 is 19.1 Å². The second kappa shape index (κ2) is 11.2. The van der Waals surface area contributed by atoms with Crippen LogP contribution < -0.4 is 20.5 Å². The van der Waals surface area contributed by atoms with E-state index in [1.165, 1.54) is 4.68 Å². The minimum Gasteiger partial charge on any atom is -0.497 e. The number of piperazine rings is 1. The van der Waals surface area contributed by atoms with Crippen molar-refractivity contribution in [3.8, 4) is 11.4 Å². The number of carbonyl (C=O) groups excluding carboxylic acids is 2. The molecule has 3 aromatic heterocycles. The van der Waals surface area contributed by atoms with Gasteiger partial charge in [-0.3, -0.25) is 14.9 Å². The van der Waals surface area contributed by atoms with E-state index >= 15 is 0 Å². The second-order valence-electron chi connectivity index (χ2n) is 10.7. The summed E-state index contributed by atoms with van der Waals surface area (Å²) >= 11 is 1.15. The van der Waals surface area contributed by atoms with Gasteiger partial charge in [-0.15, -0.1) is 11.3 Å². The van der Waals surface area contributed by atoms with Crippen molar-refractivity contribution in [3.05, 3.63) is 69.6 Å². The maximum absolute atomic E-state index is 13.9. The molecule has 11 nitrogen and oxygen atoms in total. The van der Waals surface area contributed by atoms with Crippen LogP contribution in [0.5, 0.6) is 5.75 Å². The molecule has 4 aromatic rings. The number of amides is 2. The molecule has 0 radical (unpaired) electrons. The van der Waals surface area contributed by atoms with Crippen molar-refractivity contribution >= 4 is 44.9 Å². The number of pyridine rings is 1. The van der Waals surface area contributed by atoms with Crippen LogP contribution in [0.1, 0.15) is 37.0 Å².